The van der Waals surface area contributed by atoms with Gasteiger partial charge in [0.1, 0.15) is 0 Å². The lowest BCUT2D eigenvalue weighted by Crippen LogP contribution is -2.22. The van der Waals surface area contributed by atoms with Crippen molar-refractivity contribution in [3.8, 4) is 5.69 Å². The number of hydrogen-bond donors (Lipinski definition) is 1. The Hall–Kier alpha value is -2.32. The van der Waals surface area contributed by atoms with Crippen LogP contribution in [-0.2, 0) is 10.0 Å². The van der Waals surface area contributed by atoms with Crippen LogP contribution in [0.2, 0.25) is 10.0 Å². The molecule has 0 saturated heterocycles. The Morgan fingerprint density at radius 3 is 2.27 bits per heavy atom. The van der Waals surface area contributed by atoms with Gasteiger partial charge in [0, 0.05) is 31.2 Å². The van der Waals surface area contributed by atoms with Crippen molar-refractivity contribution < 1.29 is 13.2 Å². The third-order valence-electron chi connectivity index (χ3n) is 4.74. The number of amides is 1. The molecule has 0 aliphatic carbocycles. The molecule has 9 heteroatoms. The first kappa shape index (κ1) is 22.4. The SMILES string of the molecule is Cc1cc(C(=O)Nc2ccc(S(=O)(=O)N(C)C)cc2)c(C)n1-c1cccc(Cl)c1Cl. The van der Waals surface area contributed by atoms with Gasteiger partial charge in [0.2, 0.25) is 10.0 Å². The number of halogens is 2. The molecule has 0 spiro atoms. The minimum absolute atomic E-state index is 0.152. The lowest BCUT2D eigenvalue weighted by atomic mass is 10.2. The van der Waals surface area contributed by atoms with Crippen LogP contribution in [0.1, 0.15) is 21.7 Å². The number of anilines is 1. The van der Waals surface area contributed by atoms with Gasteiger partial charge in [-0.3, -0.25) is 4.79 Å². The minimum Gasteiger partial charge on any atom is -0.322 e. The molecule has 0 radical (unpaired) electrons. The third kappa shape index (κ3) is 4.11. The van der Waals surface area contributed by atoms with Gasteiger partial charge in [-0.05, 0) is 56.3 Å². The molecule has 1 heterocycles. The Morgan fingerprint density at radius 2 is 1.67 bits per heavy atom. The largest absolute Gasteiger partial charge is 0.322 e. The number of sulfonamides is 1. The van der Waals surface area contributed by atoms with Crippen molar-refractivity contribution in [1.29, 1.82) is 0 Å². The van der Waals surface area contributed by atoms with E-state index >= 15 is 0 Å². The molecule has 6 nitrogen and oxygen atoms in total. The van der Waals surface area contributed by atoms with Crippen LogP contribution in [0.15, 0.2) is 53.4 Å². The lowest BCUT2D eigenvalue weighted by Gasteiger charge is -2.13. The van der Waals surface area contributed by atoms with Gasteiger partial charge >= 0.3 is 0 Å². The maximum Gasteiger partial charge on any atom is 0.257 e. The zero-order valence-corrected chi connectivity index (χ0v) is 19.2. The van der Waals surface area contributed by atoms with Crippen LogP contribution in [0.4, 0.5) is 5.69 Å². The molecule has 0 unspecified atom stereocenters. The highest BCUT2D eigenvalue weighted by Gasteiger charge is 2.20. The van der Waals surface area contributed by atoms with Crippen molar-refractivity contribution in [2.45, 2.75) is 18.7 Å². The number of aromatic nitrogens is 1. The van der Waals surface area contributed by atoms with E-state index in [0.717, 1.165) is 10.00 Å². The fourth-order valence-electron chi connectivity index (χ4n) is 3.15. The standard InChI is InChI=1S/C21H21Cl2N3O3S/c1-13-12-17(14(2)26(13)19-7-5-6-18(22)20(19)23)21(27)24-15-8-10-16(11-9-15)30(28,29)25(3)4/h5-12H,1-4H3,(H,24,27). The summed E-state index contributed by atoms with van der Waals surface area (Å²) >= 11 is 12.5. The number of nitrogens with one attached hydrogen (secondary N) is 1. The highest BCUT2D eigenvalue weighted by atomic mass is 35.5. The van der Waals surface area contributed by atoms with E-state index in [2.05, 4.69) is 5.32 Å². The normalized spacial score (nSPS) is 11.7. The molecule has 3 rings (SSSR count). The number of benzene rings is 2. The fraction of sp³-hybridized carbons (Fsp3) is 0.190. The molecule has 2 aromatic carbocycles. The monoisotopic (exact) mass is 465 g/mol. The van der Waals surface area contributed by atoms with Gasteiger partial charge in [0.25, 0.3) is 5.91 Å². The zero-order chi connectivity index (χ0) is 22.2. The summed E-state index contributed by atoms with van der Waals surface area (Å²) < 4.78 is 27.4. The molecule has 0 aliphatic rings. The van der Waals surface area contributed by atoms with Crippen LogP contribution in [0.3, 0.4) is 0 Å². The quantitative estimate of drug-likeness (QED) is 0.581. The summed E-state index contributed by atoms with van der Waals surface area (Å²) in [5.41, 5.74) is 3.20. The third-order valence-corrected chi connectivity index (χ3v) is 7.38. The van der Waals surface area contributed by atoms with E-state index < -0.39 is 10.0 Å². The zero-order valence-electron chi connectivity index (χ0n) is 16.9. The summed E-state index contributed by atoms with van der Waals surface area (Å²) in [6.07, 6.45) is 0. The number of nitrogens with zero attached hydrogens (tertiary/aromatic N) is 2. The second-order valence-electron chi connectivity index (χ2n) is 6.96. The molecule has 0 fully saturated rings. The number of rotatable bonds is 5. The number of carbonyl (C=O) groups is 1. The molecule has 158 valence electrons. The van der Waals surface area contributed by atoms with Gasteiger partial charge in [0.05, 0.1) is 26.2 Å². The van der Waals surface area contributed by atoms with E-state index in [1.54, 1.807) is 30.3 Å². The topological polar surface area (TPSA) is 71.4 Å². The van der Waals surface area contributed by atoms with Crippen molar-refractivity contribution in [2.24, 2.45) is 0 Å². The van der Waals surface area contributed by atoms with Crippen LogP contribution in [0, 0.1) is 13.8 Å². The highest BCUT2D eigenvalue weighted by Crippen LogP contribution is 2.32. The first-order chi connectivity index (χ1) is 14.0. The first-order valence-corrected chi connectivity index (χ1v) is 11.2. The second kappa shape index (κ2) is 8.43. The summed E-state index contributed by atoms with van der Waals surface area (Å²) in [6.45, 7) is 3.70. The van der Waals surface area contributed by atoms with E-state index in [4.69, 9.17) is 23.2 Å². The van der Waals surface area contributed by atoms with Crippen LogP contribution in [0.5, 0.6) is 0 Å². The van der Waals surface area contributed by atoms with Gasteiger partial charge in [-0.1, -0.05) is 29.3 Å². The summed E-state index contributed by atoms with van der Waals surface area (Å²) in [6, 6.07) is 13.1. The number of carbonyl (C=O) groups excluding carboxylic acids is 1. The van der Waals surface area contributed by atoms with Crippen molar-refractivity contribution in [3.63, 3.8) is 0 Å². The molecular formula is C21H21Cl2N3O3S. The Kier molecular flexibility index (Phi) is 6.29. The van der Waals surface area contributed by atoms with Crippen molar-refractivity contribution in [1.82, 2.24) is 8.87 Å². The van der Waals surface area contributed by atoms with Crippen molar-refractivity contribution >= 4 is 44.8 Å². The molecule has 30 heavy (non-hydrogen) atoms. The van der Waals surface area contributed by atoms with Crippen molar-refractivity contribution in [3.05, 3.63) is 75.5 Å². The molecule has 1 aromatic heterocycles. The Balaban J connectivity index is 1.89. The van der Waals surface area contributed by atoms with Gasteiger partial charge in [-0.15, -0.1) is 0 Å². The van der Waals surface area contributed by atoms with E-state index in [1.165, 1.54) is 26.2 Å². The lowest BCUT2D eigenvalue weighted by molar-refractivity contribution is 0.102. The molecular weight excluding hydrogens is 445 g/mol. The molecule has 1 amide bonds. The minimum atomic E-state index is -3.53. The first-order valence-electron chi connectivity index (χ1n) is 9.01. The molecule has 3 aromatic rings. The summed E-state index contributed by atoms with van der Waals surface area (Å²) in [5.74, 6) is -0.310. The number of aryl methyl sites for hydroxylation is 1. The Labute approximate surface area is 186 Å². The van der Waals surface area contributed by atoms with Gasteiger partial charge in [-0.2, -0.15) is 0 Å². The summed E-state index contributed by atoms with van der Waals surface area (Å²) in [7, 11) is -0.597. The molecule has 0 bridgehead atoms. The predicted molar refractivity (Wildman–Crippen MR) is 121 cm³/mol. The van der Waals surface area contributed by atoms with E-state index in [1.807, 2.05) is 24.5 Å². The smallest absolute Gasteiger partial charge is 0.257 e. The summed E-state index contributed by atoms with van der Waals surface area (Å²) in [4.78, 5) is 13.0. The van der Waals surface area contributed by atoms with Crippen molar-refractivity contribution in [2.75, 3.05) is 19.4 Å². The van der Waals surface area contributed by atoms with E-state index in [0.29, 0.717) is 32.7 Å². The maximum absolute atomic E-state index is 12.9. The summed E-state index contributed by atoms with van der Waals surface area (Å²) in [5, 5.41) is 3.64. The van der Waals surface area contributed by atoms with Crippen LogP contribution < -0.4 is 5.32 Å². The average Bonchev–Trinajstić information content (AvgIpc) is 2.99. The maximum atomic E-state index is 12.9. The van der Waals surface area contributed by atoms with Crippen LogP contribution in [-0.4, -0.2) is 37.3 Å². The van der Waals surface area contributed by atoms with Gasteiger partial charge < -0.3 is 9.88 Å². The second-order valence-corrected chi connectivity index (χ2v) is 9.90. The molecule has 0 aliphatic heterocycles. The molecule has 0 saturated carbocycles. The van der Waals surface area contributed by atoms with Gasteiger partial charge in [-0.25, -0.2) is 12.7 Å². The predicted octanol–water partition coefficient (Wildman–Crippen LogP) is 4.90. The van der Waals surface area contributed by atoms with E-state index in [9.17, 15) is 13.2 Å². The van der Waals surface area contributed by atoms with Gasteiger partial charge in [0.15, 0.2) is 0 Å². The molecule has 0 atom stereocenters. The van der Waals surface area contributed by atoms with Crippen LogP contribution >= 0.6 is 23.2 Å². The van der Waals surface area contributed by atoms with E-state index in [-0.39, 0.29) is 10.8 Å². The Morgan fingerprint density at radius 1 is 1.03 bits per heavy atom. The fourth-order valence-corrected chi connectivity index (χ4v) is 4.43. The molecule has 1 N–H and O–H groups in total. The average molecular weight is 466 g/mol. The highest BCUT2D eigenvalue weighted by molar-refractivity contribution is 7.89. The van der Waals surface area contributed by atoms with Crippen LogP contribution in [0.25, 0.3) is 5.69 Å². The Bertz CT molecular complexity index is 1220. The number of hydrogen-bond acceptors (Lipinski definition) is 3.